The summed E-state index contributed by atoms with van der Waals surface area (Å²) in [5, 5.41) is 4.63. The van der Waals surface area contributed by atoms with Gasteiger partial charge in [0.2, 0.25) is 0 Å². The van der Waals surface area contributed by atoms with Gasteiger partial charge in [0.1, 0.15) is 0 Å². The maximum Gasteiger partial charge on any atom is 0.0406 e. The van der Waals surface area contributed by atoms with Crippen molar-refractivity contribution in [2.45, 2.75) is 45.7 Å². The lowest BCUT2D eigenvalue weighted by Crippen LogP contribution is -2.50. The van der Waals surface area contributed by atoms with Crippen LogP contribution in [-0.2, 0) is 6.42 Å². The first-order chi connectivity index (χ1) is 8.97. The fourth-order valence-electron chi connectivity index (χ4n) is 2.59. The van der Waals surface area contributed by atoms with E-state index in [4.69, 9.17) is 11.6 Å². The van der Waals surface area contributed by atoms with Gasteiger partial charge in [0.15, 0.2) is 0 Å². The van der Waals surface area contributed by atoms with Gasteiger partial charge in [0.25, 0.3) is 0 Å². The normalized spacial score (nSPS) is 24.1. The Balaban J connectivity index is 1.90. The zero-order valence-electron chi connectivity index (χ0n) is 12.1. The van der Waals surface area contributed by atoms with Crippen molar-refractivity contribution >= 4 is 23.4 Å². The molecule has 3 heteroatoms. The van der Waals surface area contributed by atoms with Crippen molar-refractivity contribution in [3.63, 3.8) is 0 Å². The highest BCUT2D eigenvalue weighted by Gasteiger charge is 2.32. The van der Waals surface area contributed by atoms with Crippen LogP contribution in [0, 0.1) is 5.41 Å². The van der Waals surface area contributed by atoms with Crippen LogP contribution in [0.15, 0.2) is 24.3 Å². The quantitative estimate of drug-likeness (QED) is 0.884. The van der Waals surface area contributed by atoms with E-state index in [1.54, 1.807) is 0 Å². The summed E-state index contributed by atoms with van der Waals surface area (Å²) in [6, 6.07) is 9.33. The van der Waals surface area contributed by atoms with Gasteiger partial charge in [0, 0.05) is 22.9 Å². The van der Waals surface area contributed by atoms with E-state index in [-0.39, 0.29) is 0 Å². The summed E-state index contributed by atoms with van der Waals surface area (Å²) < 4.78 is 0. The third kappa shape index (κ3) is 4.40. The van der Waals surface area contributed by atoms with Crippen LogP contribution < -0.4 is 5.32 Å². The molecule has 1 heterocycles. The molecule has 1 N–H and O–H groups in total. The van der Waals surface area contributed by atoms with E-state index in [9.17, 15) is 0 Å². The average molecular weight is 298 g/mol. The van der Waals surface area contributed by atoms with Gasteiger partial charge in [-0.15, -0.1) is 0 Å². The number of hydrogen-bond acceptors (Lipinski definition) is 2. The molecule has 1 saturated heterocycles. The lowest BCUT2D eigenvalue weighted by molar-refractivity contribution is 0.231. The van der Waals surface area contributed by atoms with Crippen LogP contribution in [0.2, 0.25) is 5.02 Å². The summed E-state index contributed by atoms with van der Waals surface area (Å²) in [5.41, 5.74) is 1.77. The van der Waals surface area contributed by atoms with Crippen molar-refractivity contribution in [1.82, 2.24) is 5.32 Å². The second kappa shape index (κ2) is 6.51. The van der Waals surface area contributed by atoms with E-state index < -0.39 is 0 Å². The molecule has 19 heavy (non-hydrogen) atoms. The minimum Gasteiger partial charge on any atom is -0.310 e. The zero-order valence-corrected chi connectivity index (χ0v) is 13.7. The van der Waals surface area contributed by atoms with Crippen LogP contribution in [0.1, 0.15) is 32.8 Å². The molecule has 1 fully saturated rings. The standard InChI is InChI=1S/C16H24ClNS/c1-12(10-13-4-6-14(17)7-5-13)18-15-11-19-9-8-16(15,2)3/h4-7,12,15,18H,8-11H2,1-3H3. The molecular formula is C16H24ClNS. The highest BCUT2D eigenvalue weighted by atomic mass is 35.5. The minimum atomic E-state index is 0.416. The van der Waals surface area contributed by atoms with Gasteiger partial charge in [-0.05, 0) is 48.6 Å². The Hall–Kier alpha value is -0.180. The average Bonchev–Trinajstić information content (AvgIpc) is 2.35. The van der Waals surface area contributed by atoms with Crippen LogP contribution in [-0.4, -0.2) is 23.6 Å². The third-order valence-corrected chi connectivity index (χ3v) is 5.37. The number of halogens is 1. The highest BCUT2D eigenvalue weighted by molar-refractivity contribution is 7.99. The molecular weight excluding hydrogens is 274 g/mol. The lowest BCUT2D eigenvalue weighted by atomic mass is 9.82. The molecule has 1 aliphatic heterocycles. The molecule has 1 aromatic carbocycles. The Kier molecular flexibility index (Phi) is 5.22. The largest absolute Gasteiger partial charge is 0.310 e. The molecule has 0 spiro atoms. The first-order valence-electron chi connectivity index (χ1n) is 7.05. The van der Waals surface area contributed by atoms with E-state index in [1.807, 2.05) is 12.1 Å². The van der Waals surface area contributed by atoms with Gasteiger partial charge in [-0.1, -0.05) is 37.6 Å². The molecule has 0 aliphatic carbocycles. The van der Waals surface area contributed by atoms with Crippen molar-refractivity contribution in [3.05, 3.63) is 34.9 Å². The van der Waals surface area contributed by atoms with Gasteiger partial charge in [-0.3, -0.25) is 0 Å². The van der Waals surface area contributed by atoms with Gasteiger partial charge < -0.3 is 5.32 Å². The summed E-state index contributed by atoms with van der Waals surface area (Å²) in [4.78, 5) is 0. The van der Waals surface area contributed by atoms with Crippen molar-refractivity contribution in [2.75, 3.05) is 11.5 Å². The number of thioether (sulfide) groups is 1. The molecule has 0 bridgehead atoms. The van der Waals surface area contributed by atoms with Crippen LogP contribution in [0.3, 0.4) is 0 Å². The fourth-order valence-corrected chi connectivity index (χ4v) is 4.33. The van der Waals surface area contributed by atoms with Gasteiger partial charge in [0.05, 0.1) is 0 Å². The summed E-state index contributed by atoms with van der Waals surface area (Å²) >= 11 is 8.00. The summed E-state index contributed by atoms with van der Waals surface area (Å²) in [6.07, 6.45) is 2.37. The Bertz CT molecular complexity index is 402. The first-order valence-corrected chi connectivity index (χ1v) is 8.59. The van der Waals surface area contributed by atoms with Crippen LogP contribution in [0.25, 0.3) is 0 Å². The lowest BCUT2D eigenvalue weighted by Gasteiger charge is -2.40. The monoisotopic (exact) mass is 297 g/mol. The number of hydrogen-bond donors (Lipinski definition) is 1. The van der Waals surface area contributed by atoms with Crippen molar-refractivity contribution in [3.8, 4) is 0 Å². The SMILES string of the molecule is CC(Cc1ccc(Cl)cc1)NC1CSCCC1(C)C. The maximum atomic E-state index is 5.92. The molecule has 0 radical (unpaired) electrons. The molecule has 2 rings (SSSR count). The van der Waals surface area contributed by atoms with E-state index in [0.717, 1.165) is 11.4 Å². The Labute approximate surface area is 126 Å². The fraction of sp³-hybridized carbons (Fsp3) is 0.625. The van der Waals surface area contributed by atoms with Crippen molar-refractivity contribution < 1.29 is 0 Å². The van der Waals surface area contributed by atoms with Crippen LogP contribution in [0.4, 0.5) is 0 Å². The van der Waals surface area contributed by atoms with E-state index >= 15 is 0 Å². The first kappa shape index (κ1) is 15.2. The zero-order chi connectivity index (χ0) is 13.9. The summed E-state index contributed by atoms with van der Waals surface area (Å²) in [5.74, 6) is 2.54. The minimum absolute atomic E-state index is 0.416. The molecule has 2 atom stereocenters. The number of nitrogens with one attached hydrogen (secondary N) is 1. The van der Waals surface area contributed by atoms with Gasteiger partial charge in [-0.25, -0.2) is 0 Å². The second-order valence-corrected chi connectivity index (χ2v) is 7.85. The molecule has 106 valence electrons. The molecule has 0 saturated carbocycles. The molecule has 1 nitrogen and oxygen atoms in total. The molecule has 2 unspecified atom stereocenters. The van der Waals surface area contributed by atoms with E-state index in [2.05, 4.69) is 50.0 Å². The molecule has 0 amide bonds. The second-order valence-electron chi connectivity index (χ2n) is 6.26. The predicted molar refractivity (Wildman–Crippen MR) is 87.3 cm³/mol. The molecule has 0 aromatic heterocycles. The van der Waals surface area contributed by atoms with Gasteiger partial charge in [-0.2, -0.15) is 11.8 Å². The third-order valence-electron chi connectivity index (χ3n) is 4.06. The van der Waals surface area contributed by atoms with Gasteiger partial charge >= 0.3 is 0 Å². The van der Waals surface area contributed by atoms with Crippen LogP contribution >= 0.6 is 23.4 Å². The van der Waals surface area contributed by atoms with E-state index in [1.165, 1.54) is 23.5 Å². The Morgan fingerprint density at radius 2 is 2.05 bits per heavy atom. The highest BCUT2D eigenvalue weighted by Crippen LogP contribution is 2.34. The number of benzene rings is 1. The topological polar surface area (TPSA) is 12.0 Å². The Morgan fingerprint density at radius 3 is 2.68 bits per heavy atom. The summed E-state index contributed by atoms with van der Waals surface area (Å²) in [7, 11) is 0. The van der Waals surface area contributed by atoms with Crippen molar-refractivity contribution in [2.24, 2.45) is 5.41 Å². The molecule has 1 aliphatic rings. The molecule has 1 aromatic rings. The van der Waals surface area contributed by atoms with E-state index in [0.29, 0.717) is 17.5 Å². The Morgan fingerprint density at radius 1 is 1.37 bits per heavy atom. The number of rotatable bonds is 4. The maximum absolute atomic E-state index is 5.92. The van der Waals surface area contributed by atoms with Crippen LogP contribution in [0.5, 0.6) is 0 Å². The van der Waals surface area contributed by atoms with Crippen molar-refractivity contribution in [1.29, 1.82) is 0 Å². The predicted octanol–water partition coefficient (Wildman–Crippen LogP) is 4.39. The summed E-state index contributed by atoms with van der Waals surface area (Å²) in [6.45, 7) is 7.06. The smallest absolute Gasteiger partial charge is 0.0406 e.